The molecule has 2 N–H and O–H groups in total. The van der Waals surface area contributed by atoms with E-state index in [-0.39, 0.29) is 35.3 Å². The first-order valence-electron chi connectivity index (χ1n) is 10.1. The van der Waals surface area contributed by atoms with E-state index >= 15 is 0 Å². The van der Waals surface area contributed by atoms with E-state index in [1.807, 2.05) is 6.07 Å². The summed E-state index contributed by atoms with van der Waals surface area (Å²) in [6.07, 6.45) is 1.08. The predicted octanol–water partition coefficient (Wildman–Crippen LogP) is 3.31. The molecule has 170 valence electrons. The molecule has 0 unspecified atom stereocenters. The second-order valence-corrected chi connectivity index (χ2v) is 9.63. The molecule has 1 heterocycles. The lowest BCUT2D eigenvalue weighted by molar-refractivity contribution is 0.0951. The number of carbonyl (C=O) groups excluding carboxylic acids is 2. The molecule has 33 heavy (non-hydrogen) atoms. The molecule has 0 spiro atoms. The van der Waals surface area contributed by atoms with E-state index in [0.717, 1.165) is 11.8 Å². The average Bonchev–Trinajstić information content (AvgIpc) is 3.25. The van der Waals surface area contributed by atoms with E-state index < -0.39 is 15.7 Å². The van der Waals surface area contributed by atoms with Crippen LogP contribution in [0.4, 0.5) is 5.69 Å². The average molecular weight is 467 g/mol. The van der Waals surface area contributed by atoms with Gasteiger partial charge in [0.1, 0.15) is 0 Å². The van der Waals surface area contributed by atoms with Crippen molar-refractivity contribution in [3.63, 3.8) is 0 Å². The summed E-state index contributed by atoms with van der Waals surface area (Å²) in [5.41, 5.74) is 2.26. The number of hydrogen-bond donors (Lipinski definition) is 2. The lowest BCUT2D eigenvalue weighted by atomic mass is 10.1. The summed E-state index contributed by atoms with van der Waals surface area (Å²) >= 11 is 0. The van der Waals surface area contributed by atoms with Gasteiger partial charge in [0, 0.05) is 18.4 Å². The van der Waals surface area contributed by atoms with Gasteiger partial charge in [0.05, 0.1) is 16.1 Å². The second-order valence-electron chi connectivity index (χ2n) is 7.62. The molecule has 3 aromatic rings. The van der Waals surface area contributed by atoms with Crippen LogP contribution >= 0.6 is 0 Å². The maximum absolute atomic E-state index is 12.9. The van der Waals surface area contributed by atoms with E-state index in [2.05, 4.69) is 10.6 Å². The number of rotatable bonds is 6. The highest BCUT2D eigenvalue weighted by Gasteiger charge is 2.18. The number of carbonyl (C=O) groups is 2. The maximum atomic E-state index is 12.9. The fourth-order valence-corrected chi connectivity index (χ4v) is 4.03. The van der Waals surface area contributed by atoms with E-state index in [9.17, 15) is 18.0 Å². The molecule has 0 radical (unpaired) electrons. The SMILES string of the molecule is Cc1ccc(S(C)(=O)=O)cc1C(=O)Nc1ccccc1C(=O)NCc1ccc2c(c1)OCO2. The Labute approximate surface area is 191 Å². The zero-order valence-corrected chi connectivity index (χ0v) is 18.9. The van der Waals surface area contributed by atoms with Crippen molar-refractivity contribution in [2.45, 2.75) is 18.4 Å². The summed E-state index contributed by atoms with van der Waals surface area (Å²) in [7, 11) is -3.47. The van der Waals surface area contributed by atoms with E-state index in [4.69, 9.17) is 9.47 Å². The second kappa shape index (κ2) is 8.95. The third-order valence-electron chi connectivity index (χ3n) is 5.19. The van der Waals surface area contributed by atoms with Crippen molar-refractivity contribution in [1.29, 1.82) is 0 Å². The van der Waals surface area contributed by atoms with E-state index in [0.29, 0.717) is 22.7 Å². The molecule has 0 aliphatic carbocycles. The van der Waals surface area contributed by atoms with Crippen LogP contribution in [-0.4, -0.2) is 33.3 Å². The zero-order chi connectivity index (χ0) is 23.6. The molecule has 0 atom stereocenters. The summed E-state index contributed by atoms with van der Waals surface area (Å²) in [6.45, 7) is 2.14. The van der Waals surface area contributed by atoms with Crippen LogP contribution in [0, 0.1) is 6.92 Å². The van der Waals surface area contributed by atoms with Crippen molar-refractivity contribution in [2.75, 3.05) is 18.4 Å². The minimum absolute atomic E-state index is 0.0491. The number of sulfone groups is 1. The first-order chi connectivity index (χ1) is 15.7. The van der Waals surface area contributed by atoms with Gasteiger partial charge >= 0.3 is 0 Å². The predicted molar refractivity (Wildman–Crippen MR) is 122 cm³/mol. The normalized spacial score (nSPS) is 12.3. The molecule has 3 aromatic carbocycles. The van der Waals surface area contributed by atoms with Crippen LogP contribution in [-0.2, 0) is 16.4 Å². The molecule has 0 aromatic heterocycles. The number of benzene rings is 3. The van der Waals surface area contributed by atoms with Gasteiger partial charge in [-0.15, -0.1) is 0 Å². The van der Waals surface area contributed by atoms with Gasteiger partial charge in [0.15, 0.2) is 21.3 Å². The molecule has 2 amide bonds. The van der Waals surface area contributed by atoms with Crippen molar-refractivity contribution in [2.24, 2.45) is 0 Å². The van der Waals surface area contributed by atoms with Crippen LogP contribution in [0.15, 0.2) is 65.6 Å². The molecule has 0 fully saturated rings. The summed E-state index contributed by atoms with van der Waals surface area (Å²) in [5.74, 6) is 0.411. The molecular formula is C24H22N2O6S. The molecule has 0 saturated heterocycles. The Morgan fingerprint density at radius 2 is 1.67 bits per heavy atom. The van der Waals surface area contributed by atoms with Crippen LogP contribution < -0.4 is 20.1 Å². The molecule has 1 aliphatic rings. The topological polar surface area (TPSA) is 111 Å². The summed E-state index contributed by atoms with van der Waals surface area (Å²) in [5, 5.41) is 5.56. The number of amides is 2. The van der Waals surface area contributed by atoms with Gasteiger partial charge in [-0.3, -0.25) is 9.59 Å². The fraction of sp³-hybridized carbons (Fsp3) is 0.167. The van der Waals surface area contributed by atoms with Crippen LogP contribution in [0.25, 0.3) is 0 Å². The molecular weight excluding hydrogens is 444 g/mol. The van der Waals surface area contributed by atoms with Gasteiger partial charge in [-0.25, -0.2) is 8.42 Å². The fourth-order valence-electron chi connectivity index (χ4n) is 3.38. The highest BCUT2D eigenvalue weighted by molar-refractivity contribution is 7.90. The lowest BCUT2D eigenvalue weighted by Crippen LogP contribution is -2.25. The Kier molecular flexibility index (Phi) is 6.06. The summed E-state index contributed by atoms with van der Waals surface area (Å²) in [4.78, 5) is 25.8. The molecule has 9 heteroatoms. The van der Waals surface area contributed by atoms with Crippen molar-refractivity contribution >= 4 is 27.3 Å². The Bertz CT molecular complexity index is 1350. The van der Waals surface area contributed by atoms with Crippen LogP contribution in [0.3, 0.4) is 0 Å². The van der Waals surface area contributed by atoms with Crippen LogP contribution in [0.5, 0.6) is 11.5 Å². The molecule has 8 nitrogen and oxygen atoms in total. The van der Waals surface area contributed by atoms with Crippen LogP contribution in [0.2, 0.25) is 0 Å². The number of ether oxygens (including phenoxy) is 2. The molecule has 1 aliphatic heterocycles. The van der Waals surface area contributed by atoms with Gasteiger partial charge in [0.25, 0.3) is 11.8 Å². The first-order valence-corrected chi connectivity index (χ1v) is 12.0. The number of hydrogen-bond acceptors (Lipinski definition) is 6. The number of nitrogens with one attached hydrogen (secondary N) is 2. The standard InChI is InChI=1S/C24H22N2O6S/c1-15-7-9-17(33(2,29)30)12-19(15)24(28)26-20-6-4-3-5-18(20)23(27)25-13-16-8-10-21-22(11-16)32-14-31-21/h3-12H,13-14H2,1-2H3,(H,25,27)(H,26,28). The van der Waals surface area contributed by atoms with Crippen molar-refractivity contribution < 1.29 is 27.5 Å². The van der Waals surface area contributed by atoms with E-state index in [1.54, 1.807) is 49.4 Å². The van der Waals surface area contributed by atoms with Crippen molar-refractivity contribution in [1.82, 2.24) is 5.32 Å². The third kappa shape index (κ3) is 4.98. The van der Waals surface area contributed by atoms with Gasteiger partial charge < -0.3 is 20.1 Å². The van der Waals surface area contributed by atoms with Gasteiger partial charge in [-0.05, 0) is 54.4 Å². The molecule has 0 bridgehead atoms. The van der Waals surface area contributed by atoms with Gasteiger partial charge in [-0.2, -0.15) is 0 Å². The largest absolute Gasteiger partial charge is 0.454 e. The van der Waals surface area contributed by atoms with Gasteiger partial charge in [0.2, 0.25) is 6.79 Å². The number of para-hydroxylation sites is 1. The Balaban J connectivity index is 1.50. The smallest absolute Gasteiger partial charge is 0.255 e. The minimum Gasteiger partial charge on any atom is -0.454 e. The first kappa shape index (κ1) is 22.3. The third-order valence-corrected chi connectivity index (χ3v) is 6.30. The quantitative estimate of drug-likeness (QED) is 0.577. The maximum Gasteiger partial charge on any atom is 0.255 e. The molecule has 4 rings (SSSR count). The zero-order valence-electron chi connectivity index (χ0n) is 18.0. The highest BCUT2D eigenvalue weighted by Crippen LogP contribution is 2.32. The van der Waals surface area contributed by atoms with Crippen molar-refractivity contribution in [3.05, 3.63) is 82.9 Å². The monoisotopic (exact) mass is 466 g/mol. The summed E-state index contributed by atoms with van der Waals surface area (Å²) in [6, 6.07) is 16.4. The Hall–Kier alpha value is -3.85. The highest BCUT2D eigenvalue weighted by atomic mass is 32.2. The lowest BCUT2D eigenvalue weighted by Gasteiger charge is -2.13. The molecule has 0 saturated carbocycles. The minimum atomic E-state index is -3.47. The van der Waals surface area contributed by atoms with Gasteiger partial charge in [-0.1, -0.05) is 24.3 Å². The number of aryl methyl sites for hydroxylation is 1. The summed E-state index contributed by atoms with van der Waals surface area (Å²) < 4.78 is 34.4. The Morgan fingerprint density at radius 1 is 0.909 bits per heavy atom. The van der Waals surface area contributed by atoms with Crippen LogP contribution in [0.1, 0.15) is 31.8 Å². The number of anilines is 1. The Morgan fingerprint density at radius 3 is 2.45 bits per heavy atom. The van der Waals surface area contributed by atoms with E-state index in [1.165, 1.54) is 12.1 Å². The number of fused-ring (bicyclic) bond motifs is 1. The van der Waals surface area contributed by atoms with Crippen molar-refractivity contribution in [3.8, 4) is 11.5 Å².